The Kier molecular flexibility index (Phi) is 5.73. The van der Waals surface area contributed by atoms with Crippen LogP contribution in [0.5, 0.6) is 0 Å². The van der Waals surface area contributed by atoms with Gasteiger partial charge in [0.1, 0.15) is 11.5 Å². The summed E-state index contributed by atoms with van der Waals surface area (Å²) in [5.41, 5.74) is -0.469. The molecule has 0 aliphatic carbocycles. The van der Waals surface area contributed by atoms with Crippen LogP contribution in [0.1, 0.15) is 16.9 Å². The second-order valence-corrected chi connectivity index (χ2v) is 6.17. The molecular formula is C19H11F6N3O3. The van der Waals surface area contributed by atoms with E-state index in [1.54, 1.807) is 0 Å². The minimum atomic E-state index is -4.97. The highest BCUT2D eigenvalue weighted by molar-refractivity contribution is 5.78. The first-order valence-electron chi connectivity index (χ1n) is 8.37. The van der Waals surface area contributed by atoms with E-state index in [-0.39, 0.29) is 23.3 Å². The summed E-state index contributed by atoms with van der Waals surface area (Å²) in [6, 6.07) is 8.95. The van der Waals surface area contributed by atoms with Crippen molar-refractivity contribution in [2.24, 2.45) is 5.10 Å². The van der Waals surface area contributed by atoms with Gasteiger partial charge in [-0.1, -0.05) is 0 Å². The topological polar surface area (TPSA) is 80.7 Å². The summed E-state index contributed by atoms with van der Waals surface area (Å²) in [6.07, 6.45) is -8.80. The molecule has 1 N–H and O–H groups in total. The number of hydrogen-bond acceptors (Lipinski definition) is 5. The Morgan fingerprint density at radius 3 is 2.00 bits per heavy atom. The molecule has 12 heteroatoms. The van der Waals surface area contributed by atoms with Crippen LogP contribution in [0, 0.1) is 10.1 Å². The fraction of sp³-hybridized carbons (Fsp3) is 0.105. The lowest BCUT2D eigenvalue weighted by molar-refractivity contribution is -0.384. The smallest absolute Gasteiger partial charge is 0.416 e. The molecule has 3 aromatic rings. The van der Waals surface area contributed by atoms with Gasteiger partial charge in [0.25, 0.3) is 5.69 Å². The summed E-state index contributed by atoms with van der Waals surface area (Å²) in [4.78, 5) is 10.0. The largest absolute Gasteiger partial charge is 0.455 e. The number of rotatable bonds is 5. The third-order valence-electron chi connectivity index (χ3n) is 3.96. The predicted molar refractivity (Wildman–Crippen MR) is 98.5 cm³/mol. The third kappa shape index (κ3) is 5.41. The van der Waals surface area contributed by atoms with Crippen molar-refractivity contribution in [3.8, 4) is 11.3 Å². The number of hydrogen-bond donors (Lipinski definition) is 1. The molecule has 31 heavy (non-hydrogen) atoms. The van der Waals surface area contributed by atoms with Gasteiger partial charge in [-0.3, -0.25) is 15.5 Å². The molecule has 0 amide bonds. The maximum absolute atomic E-state index is 13.0. The maximum Gasteiger partial charge on any atom is 0.416 e. The van der Waals surface area contributed by atoms with Gasteiger partial charge in [-0.05, 0) is 42.5 Å². The third-order valence-corrected chi connectivity index (χ3v) is 3.96. The molecule has 0 fully saturated rings. The van der Waals surface area contributed by atoms with Crippen LogP contribution < -0.4 is 5.43 Å². The standard InChI is InChI=1S/C19H11F6N3O3/c20-18(21,22)12-7-11(8-13(9-12)19(23,24)25)17-6-5-16(31-17)10-26-27-14-1-3-15(4-2-14)28(29)30/h1-10,27H/b26-10-. The van der Waals surface area contributed by atoms with Crippen LogP contribution >= 0.6 is 0 Å². The van der Waals surface area contributed by atoms with E-state index in [4.69, 9.17) is 4.42 Å². The molecule has 1 heterocycles. The van der Waals surface area contributed by atoms with E-state index in [0.717, 1.165) is 6.21 Å². The van der Waals surface area contributed by atoms with Crippen LogP contribution in [0.15, 0.2) is 64.1 Å². The molecule has 0 saturated heterocycles. The summed E-state index contributed by atoms with van der Waals surface area (Å²) in [5, 5.41) is 14.4. The van der Waals surface area contributed by atoms with Crippen molar-refractivity contribution in [1.82, 2.24) is 0 Å². The molecule has 0 unspecified atom stereocenters. The zero-order valence-corrected chi connectivity index (χ0v) is 15.2. The summed E-state index contributed by atoms with van der Waals surface area (Å²) in [7, 11) is 0. The van der Waals surface area contributed by atoms with Crippen molar-refractivity contribution in [2.75, 3.05) is 5.43 Å². The molecule has 3 rings (SSSR count). The average Bonchev–Trinajstić information content (AvgIpc) is 3.16. The van der Waals surface area contributed by atoms with Crippen molar-refractivity contribution in [3.05, 3.63) is 81.6 Å². The van der Waals surface area contributed by atoms with Gasteiger partial charge in [0.05, 0.1) is 28.0 Å². The summed E-state index contributed by atoms with van der Waals surface area (Å²) < 4.78 is 83.2. The fourth-order valence-electron chi connectivity index (χ4n) is 2.50. The molecule has 0 radical (unpaired) electrons. The molecule has 0 atom stereocenters. The quantitative estimate of drug-likeness (QED) is 0.216. The summed E-state index contributed by atoms with van der Waals surface area (Å²) in [5.74, 6) is -0.163. The Balaban J connectivity index is 1.81. The first-order valence-corrected chi connectivity index (χ1v) is 8.37. The normalized spacial score (nSPS) is 12.3. The predicted octanol–water partition coefficient (Wildman–Crippen LogP) is 6.34. The Bertz CT molecular complexity index is 1090. The van der Waals surface area contributed by atoms with Gasteiger partial charge in [-0.15, -0.1) is 0 Å². The second-order valence-electron chi connectivity index (χ2n) is 6.17. The fourth-order valence-corrected chi connectivity index (χ4v) is 2.50. The van der Waals surface area contributed by atoms with Crippen LogP contribution in [0.2, 0.25) is 0 Å². The molecule has 1 aromatic heterocycles. The van der Waals surface area contributed by atoms with Crippen LogP contribution in [-0.2, 0) is 12.4 Å². The molecule has 0 bridgehead atoms. The zero-order valence-electron chi connectivity index (χ0n) is 15.2. The van der Waals surface area contributed by atoms with Gasteiger partial charge in [0.15, 0.2) is 0 Å². The minimum absolute atomic E-state index is 0.0307. The van der Waals surface area contributed by atoms with Gasteiger partial charge in [-0.25, -0.2) is 0 Å². The van der Waals surface area contributed by atoms with Crippen LogP contribution in [0.3, 0.4) is 0 Å². The van der Waals surface area contributed by atoms with Crippen LogP contribution in [-0.4, -0.2) is 11.1 Å². The Labute approximate surface area is 169 Å². The number of halogens is 6. The van der Waals surface area contributed by atoms with E-state index in [2.05, 4.69) is 10.5 Å². The van der Waals surface area contributed by atoms with Crippen molar-refractivity contribution < 1.29 is 35.7 Å². The van der Waals surface area contributed by atoms with Crippen molar-refractivity contribution in [2.45, 2.75) is 12.4 Å². The van der Waals surface area contributed by atoms with Gasteiger partial charge in [0.2, 0.25) is 0 Å². The van der Waals surface area contributed by atoms with Crippen molar-refractivity contribution >= 4 is 17.6 Å². The lowest BCUT2D eigenvalue weighted by Crippen LogP contribution is -2.11. The highest BCUT2D eigenvalue weighted by Crippen LogP contribution is 2.38. The Morgan fingerprint density at radius 1 is 0.903 bits per heavy atom. The number of furan rings is 1. The highest BCUT2D eigenvalue weighted by atomic mass is 19.4. The number of nitro groups is 1. The van der Waals surface area contributed by atoms with Crippen molar-refractivity contribution in [3.63, 3.8) is 0 Å². The summed E-state index contributed by atoms with van der Waals surface area (Å²) >= 11 is 0. The first-order chi connectivity index (χ1) is 14.4. The Morgan fingerprint density at radius 2 is 1.48 bits per heavy atom. The molecule has 2 aromatic carbocycles. The van der Waals surface area contributed by atoms with Gasteiger partial charge in [-0.2, -0.15) is 31.4 Å². The SMILES string of the molecule is O=[N+]([O-])c1ccc(N/N=C\c2ccc(-c3cc(C(F)(F)F)cc(C(F)(F)F)c3)o2)cc1. The zero-order chi connectivity index (χ0) is 22.8. The minimum Gasteiger partial charge on any atom is -0.455 e. The Hall–Kier alpha value is -3.83. The monoisotopic (exact) mass is 443 g/mol. The van der Waals surface area contributed by atoms with Gasteiger partial charge < -0.3 is 4.42 Å². The van der Waals surface area contributed by atoms with E-state index in [9.17, 15) is 36.5 Å². The molecule has 162 valence electrons. The lowest BCUT2D eigenvalue weighted by atomic mass is 10.0. The molecular weight excluding hydrogens is 432 g/mol. The molecule has 0 spiro atoms. The maximum atomic E-state index is 13.0. The molecule has 0 aliphatic rings. The number of alkyl halides is 6. The number of anilines is 1. The van der Waals surface area contributed by atoms with Gasteiger partial charge >= 0.3 is 12.4 Å². The van der Waals surface area contributed by atoms with E-state index in [0.29, 0.717) is 17.8 Å². The average molecular weight is 443 g/mol. The van der Waals surface area contributed by atoms with Gasteiger partial charge in [0, 0.05) is 17.7 Å². The van der Waals surface area contributed by atoms with Crippen LogP contribution in [0.25, 0.3) is 11.3 Å². The number of nitrogens with one attached hydrogen (secondary N) is 1. The number of non-ortho nitro benzene ring substituents is 1. The molecule has 0 aliphatic heterocycles. The van der Waals surface area contributed by atoms with Crippen LogP contribution in [0.4, 0.5) is 37.7 Å². The molecule has 6 nitrogen and oxygen atoms in total. The number of hydrazone groups is 1. The highest BCUT2D eigenvalue weighted by Gasteiger charge is 2.37. The van der Waals surface area contributed by atoms with E-state index in [1.807, 2.05) is 0 Å². The second kappa shape index (κ2) is 8.13. The molecule has 0 saturated carbocycles. The van der Waals surface area contributed by atoms with Crippen molar-refractivity contribution in [1.29, 1.82) is 0 Å². The van der Waals surface area contributed by atoms with E-state index in [1.165, 1.54) is 36.4 Å². The number of nitrogens with zero attached hydrogens (tertiary/aromatic N) is 2. The number of benzene rings is 2. The lowest BCUT2D eigenvalue weighted by Gasteiger charge is -2.13. The van der Waals surface area contributed by atoms with E-state index >= 15 is 0 Å². The summed E-state index contributed by atoms with van der Waals surface area (Å²) in [6.45, 7) is 0. The number of nitro benzene ring substituents is 1. The van der Waals surface area contributed by atoms with E-state index < -0.39 is 34.0 Å². The first kappa shape index (κ1) is 21.9.